The van der Waals surface area contributed by atoms with Gasteiger partial charge in [-0.25, -0.2) is 4.79 Å². The van der Waals surface area contributed by atoms with Gasteiger partial charge in [-0.15, -0.1) is 0 Å². The summed E-state index contributed by atoms with van der Waals surface area (Å²) in [5, 5.41) is 5.22. The number of urea groups is 1. The third kappa shape index (κ3) is 6.27. The maximum absolute atomic E-state index is 11.4. The van der Waals surface area contributed by atoms with Crippen molar-refractivity contribution in [3.8, 4) is 0 Å². The summed E-state index contributed by atoms with van der Waals surface area (Å²) < 4.78 is 4.68. The second-order valence-corrected chi connectivity index (χ2v) is 3.81. The molecular formula is C11H22N2O3. The Hall–Kier alpha value is -1.26. The van der Waals surface area contributed by atoms with E-state index in [2.05, 4.69) is 29.2 Å². The molecule has 0 bridgehead atoms. The lowest BCUT2D eigenvalue weighted by Crippen LogP contribution is -2.45. The molecule has 2 atom stereocenters. The predicted octanol–water partition coefficient (Wildman–Crippen LogP) is 1.28. The zero-order valence-electron chi connectivity index (χ0n) is 10.5. The molecule has 16 heavy (non-hydrogen) atoms. The zero-order chi connectivity index (χ0) is 12.6. The molecular weight excluding hydrogens is 208 g/mol. The highest BCUT2D eigenvalue weighted by Gasteiger charge is 2.13. The molecule has 0 aliphatic rings. The first-order valence-corrected chi connectivity index (χ1v) is 5.71. The van der Waals surface area contributed by atoms with Gasteiger partial charge in [0, 0.05) is 6.04 Å². The molecule has 5 nitrogen and oxygen atoms in total. The summed E-state index contributed by atoms with van der Waals surface area (Å²) in [6.45, 7) is 8.04. The fourth-order valence-corrected chi connectivity index (χ4v) is 1.12. The minimum Gasteiger partial charge on any atom is -0.465 e. The molecule has 0 aliphatic carbocycles. The average molecular weight is 230 g/mol. The molecule has 2 unspecified atom stereocenters. The van der Waals surface area contributed by atoms with E-state index < -0.39 is 5.97 Å². The van der Waals surface area contributed by atoms with Crippen LogP contribution in [0.2, 0.25) is 0 Å². The number of amides is 2. The number of nitrogens with one attached hydrogen (secondary N) is 2. The molecule has 0 aromatic heterocycles. The summed E-state index contributed by atoms with van der Waals surface area (Å²) in [5.74, 6) is -0.0119. The lowest BCUT2D eigenvalue weighted by atomic mass is 10.0. The van der Waals surface area contributed by atoms with Crippen LogP contribution < -0.4 is 10.6 Å². The summed E-state index contributed by atoms with van der Waals surface area (Å²) >= 11 is 0. The first-order valence-electron chi connectivity index (χ1n) is 5.71. The SMILES string of the molecule is CCOC(=O)CNC(=O)NC(C)C(C)CC. The quantitative estimate of drug-likeness (QED) is 0.675. The van der Waals surface area contributed by atoms with Crippen molar-refractivity contribution in [2.45, 2.75) is 40.2 Å². The minimum absolute atomic E-state index is 0.0900. The minimum atomic E-state index is -0.422. The highest BCUT2D eigenvalue weighted by Crippen LogP contribution is 2.05. The van der Waals surface area contributed by atoms with E-state index in [0.29, 0.717) is 12.5 Å². The van der Waals surface area contributed by atoms with E-state index in [1.54, 1.807) is 6.92 Å². The van der Waals surface area contributed by atoms with Crippen LogP contribution >= 0.6 is 0 Å². The van der Waals surface area contributed by atoms with Gasteiger partial charge in [-0.1, -0.05) is 20.3 Å². The van der Waals surface area contributed by atoms with Gasteiger partial charge in [-0.3, -0.25) is 4.79 Å². The Labute approximate surface area is 96.9 Å². The summed E-state index contributed by atoms with van der Waals surface area (Å²) in [6, 6.07) is -0.243. The maximum Gasteiger partial charge on any atom is 0.325 e. The molecule has 0 rings (SSSR count). The second-order valence-electron chi connectivity index (χ2n) is 3.81. The maximum atomic E-state index is 11.4. The Kier molecular flexibility index (Phi) is 7.33. The second kappa shape index (κ2) is 7.96. The molecule has 0 spiro atoms. The fraction of sp³-hybridized carbons (Fsp3) is 0.818. The highest BCUT2D eigenvalue weighted by atomic mass is 16.5. The van der Waals surface area contributed by atoms with E-state index >= 15 is 0 Å². The molecule has 0 aromatic carbocycles. The lowest BCUT2D eigenvalue weighted by molar-refractivity contribution is -0.141. The summed E-state index contributed by atoms with van der Waals surface area (Å²) in [7, 11) is 0. The molecule has 94 valence electrons. The number of ether oxygens (including phenoxy) is 1. The van der Waals surface area contributed by atoms with Gasteiger partial charge in [-0.2, -0.15) is 0 Å². The van der Waals surface area contributed by atoms with Crippen molar-refractivity contribution in [2.24, 2.45) is 5.92 Å². The Morgan fingerprint density at radius 2 is 1.88 bits per heavy atom. The van der Waals surface area contributed by atoms with Crippen LogP contribution in [0.25, 0.3) is 0 Å². The summed E-state index contributed by atoms with van der Waals surface area (Å²) in [6.07, 6.45) is 0.999. The van der Waals surface area contributed by atoms with E-state index in [1.165, 1.54) is 0 Å². The van der Waals surface area contributed by atoms with Crippen LogP contribution in [0.1, 0.15) is 34.1 Å². The van der Waals surface area contributed by atoms with Gasteiger partial charge in [0.2, 0.25) is 0 Å². The average Bonchev–Trinajstić information content (AvgIpc) is 2.25. The van der Waals surface area contributed by atoms with Gasteiger partial charge in [0.1, 0.15) is 6.54 Å². The number of hydrogen-bond acceptors (Lipinski definition) is 3. The standard InChI is InChI=1S/C11H22N2O3/c1-5-8(3)9(4)13-11(15)12-7-10(14)16-6-2/h8-9H,5-7H2,1-4H3,(H2,12,13,15). The third-order valence-corrected chi connectivity index (χ3v) is 2.55. The van der Waals surface area contributed by atoms with Crippen LogP contribution in [-0.4, -0.2) is 31.2 Å². The highest BCUT2D eigenvalue weighted by molar-refractivity contribution is 5.80. The van der Waals surface area contributed by atoms with Gasteiger partial charge in [0.05, 0.1) is 6.61 Å². The Morgan fingerprint density at radius 3 is 2.38 bits per heavy atom. The molecule has 0 radical (unpaired) electrons. The van der Waals surface area contributed by atoms with Crippen molar-refractivity contribution in [3.05, 3.63) is 0 Å². The number of carbonyl (C=O) groups excluding carboxylic acids is 2. The third-order valence-electron chi connectivity index (χ3n) is 2.55. The zero-order valence-corrected chi connectivity index (χ0v) is 10.5. The van der Waals surface area contributed by atoms with Gasteiger partial charge < -0.3 is 15.4 Å². The smallest absolute Gasteiger partial charge is 0.325 e. The van der Waals surface area contributed by atoms with Crippen LogP contribution in [0.4, 0.5) is 4.79 Å². The van der Waals surface area contributed by atoms with E-state index in [1.807, 2.05) is 6.92 Å². The van der Waals surface area contributed by atoms with Crippen LogP contribution in [0.5, 0.6) is 0 Å². The molecule has 2 N–H and O–H groups in total. The lowest BCUT2D eigenvalue weighted by Gasteiger charge is -2.19. The van der Waals surface area contributed by atoms with Gasteiger partial charge >= 0.3 is 12.0 Å². The number of esters is 1. The van der Waals surface area contributed by atoms with Gasteiger partial charge in [0.25, 0.3) is 0 Å². The number of rotatable bonds is 6. The Morgan fingerprint density at radius 1 is 1.25 bits per heavy atom. The van der Waals surface area contributed by atoms with Crippen molar-refractivity contribution in [1.29, 1.82) is 0 Å². The van der Waals surface area contributed by atoms with Crippen LogP contribution in [0.3, 0.4) is 0 Å². The Bertz CT molecular complexity index is 231. The summed E-state index contributed by atoms with van der Waals surface area (Å²) in [4.78, 5) is 22.3. The van der Waals surface area contributed by atoms with E-state index in [4.69, 9.17) is 0 Å². The number of hydrogen-bond donors (Lipinski definition) is 2. The van der Waals surface area contributed by atoms with Crippen LogP contribution in [0, 0.1) is 5.92 Å². The van der Waals surface area contributed by atoms with Crippen molar-refractivity contribution < 1.29 is 14.3 Å². The van der Waals surface area contributed by atoms with Crippen molar-refractivity contribution in [3.63, 3.8) is 0 Å². The van der Waals surface area contributed by atoms with Gasteiger partial charge in [-0.05, 0) is 19.8 Å². The monoisotopic (exact) mass is 230 g/mol. The molecule has 5 heteroatoms. The van der Waals surface area contributed by atoms with E-state index in [0.717, 1.165) is 6.42 Å². The first kappa shape index (κ1) is 14.7. The predicted molar refractivity (Wildman–Crippen MR) is 62.1 cm³/mol. The van der Waals surface area contributed by atoms with Crippen molar-refractivity contribution in [1.82, 2.24) is 10.6 Å². The topological polar surface area (TPSA) is 67.4 Å². The molecule has 0 saturated carbocycles. The summed E-state index contributed by atoms with van der Waals surface area (Å²) in [5.41, 5.74) is 0. The van der Waals surface area contributed by atoms with Crippen LogP contribution in [0.15, 0.2) is 0 Å². The normalized spacial score (nSPS) is 13.8. The molecule has 0 heterocycles. The molecule has 2 amide bonds. The molecule has 0 aromatic rings. The van der Waals surface area contributed by atoms with Gasteiger partial charge in [0.15, 0.2) is 0 Å². The van der Waals surface area contributed by atoms with Crippen molar-refractivity contribution >= 4 is 12.0 Å². The Balaban J connectivity index is 3.78. The largest absolute Gasteiger partial charge is 0.465 e. The van der Waals surface area contributed by atoms with E-state index in [-0.39, 0.29) is 18.6 Å². The molecule has 0 saturated heterocycles. The molecule has 0 fully saturated rings. The fourth-order valence-electron chi connectivity index (χ4n) is 1.12. The van der Waals surface area contributed by atoms with E-state index in [9.17, 15) is 9.59 Å². The number of carbonyl (C=O) groups is 2. The molecule has 0 aliphatic heterocycles. The van der Waals surface area contributed by atoms with Crippen molar-refractivity contribution in [2.75, 3.05) is 13.2 Å². The van der Waals surface area contributed by atoms with Crippen LogP contribution in [-0.2, 0) is 9.53 Å². The first-order chi connectivity index (χ1) is 7.51.